The Labute approximate surface area is 146 Å². The Morgan fingerprint density at radius 3 is 2.60 bits per heavy atom. The monoisotopic (exact) mass is 339 g/mol. The maximum absolute atomic E-state index is 12.1. The molecular formula is C18H21N5O2. The summed E-state index contributed by atoms with van der Waals surface area (Å²) in [6.07, 6.45) is 5.22. The molecular weight excluding hydrogens is 318 g/mol. The third kappa shape index (κ3) is 5.02. The summed E-state index contributed by atoms with van der Waals surface area (Å²) >= 11 is 0. The van der Waals surface area contributed by atoms with Crippen molar-refractivity contribution in [1.82, 2.24) is 15.6 Å². The summed E-state index contributed by atoms with van der Waals surface area (Å²) in [5, 5.41) is 11.6. The van der Waals surface area contributed by atoms with E-state index in [1.165, 1.54) is 0 Å². The Kier molecular flexibility index (Phi) is 5.58. The molecule has 7 heteroatoms. The summed E-state index contributed by atoms with van der Waals surface area (Å²) in [6.45, 7) is 1.29. The van der Waals surface area contributed by atoms with Gasteiger partial charge in [-0.1, -0.05) is 6.07 Å². The molecule has 130 valence electrons. The predicted octanol–water partition coefficient (Wildman–Crippen LogP) is 2.09. The van der Waals surface area contributed by atoms with Crippen molar-refractivity contribution in [2.24, 2.45) is 0 Å². The number of rotatable bonds is 5. The van der Waals surface area contributed by atoms with Crippen molar-refractivity contribution in [2.45, 2.75) is 25.4 Å². The van der Waals surface area contributed by atoms with Crippen molar-refractivity contribution in [3.05, 3.63) is 54.4 Å². The molecule has 2 aromatic rings. The lowest BCUT2D eigenvalue weighted by Gasteiger charge is -2.12. The lowest BCUT2D eigenvalue weighted by atomic mass is 10.2. The molecule has 2 heterocycles. The Hall–Kier alpha value is -2.93. The lowest BCUT2D eigenvalue weighted by molar-refractivity contribution is -0.117. The van der Waals surface area contributed by atoms with Gasteiger partial charge in [-0.2, -0.15) is 0 Å². The molecule has 0 saturated carbocycles. The van der Waals surface area contributed by atoms with Crippen LogP contribution >= 0.6 is 0 Å². The smallest absolute Gasteiger partial charge is 0.319 e. The van der Waals surface area contributed by atoms with Gasteiger partial charge in [0.25, 0.3) is 0 Å². The van der Waals surface area contributed by atoms with Gasteiger partial charge in [-0.25, -0.2) is 4.79 Å². The minimum Gasteiger partial charge on any atom is -0.334 e. The number of nitrogens with one attached hydrogen (secondary N) is 4. The Balaban J connectivity index is 1.52. The normalized spacial score (nSPS) is 16.2. The number of aromatic nitrogens is 1. The first-order valence-corrected chi connectivity index (χ1v) is 8.29. The molecule has 1 aliphatic rings. The first-order chi connectivity index (χ1) is 12.2. The number of hydrogen-bond donors (Lipinski definition) is 4. The fourth-order valence-electron chi connectivity index (χ4n) is 2.67. The molecule has 3 rings (SSSR count). The first-order valence-electron chi connectivity index (χ1n) is 8.29. The van der Waals surface area contributed by atoms with Crippen LogP contribution in [0.5, 0.6) is 0 Å². The molecule has 0 spiro atoms. The second kappa shape index (κ2) is 8.25. The number of urea groups is 1. The first kappa shape index (κ1) is 16.9. The Morgan fingerprint density at radius 1 is 1.12 bits per heavy atom. The second-order valence-electron chi connectivity index (χ2n) is 5.88. The number of benzene rings is 1. The molecule has 0 unspecified atom stereocenters. The highest BCUT2D eigenvalue weighted by Crippen LogP contribution is 2.16. The molecule has 25 heavy (non-hydrogen) atoms. The minimum absolute atomic E-state index is 0.0446. The zero-order valence-corrected chi connectivity index (χ0v) is 13.8. The number of hydrogen-bond acceptors (Lipinski definition) is 4. The van der Waals surface area contributed by atoms with Gasteiger partial charge in [-0.15, -0.1) is 0 Å². The molecule has 4 N–H and O–H groups in total. The van der Waals surface area contributed by atoms with E-state index in [-0.39, 0.29) is 18.0 Å². The topological polar surface area (TPSA) is 95.2 Å². The summed E-state index contributed by atoms with van der Waals surface area (Å²) < 4.78 is 0. The highest BCUT2D eigenvalue weighted by molar-refractivity contribution is 5.96. The summed E-state index contributed by atoms with van der Waals surface area (Å²) in [7, 11) is 0. The van der Waals surface area contributed by atoms with Crippen LogP contribution < -0.4 is 21.3 Å². The molecule has 1 aromatic carbocycles. The number of carbonyl (C=O) groups is 2. The van der Waals surface area contributed by atoms with Gasteiger partial charge in [-0.05, 0) is 55.3 Å². The van der Waals surface area contributed by atoms with Crippen LogP contribution in [0.15, 0.2) is 48.8 Å². The van der Waals surface area contributed by atoms with Crippen LogP contribution in [0.4, 0.5) is 16.2 Å². The van der Waals surface area contributed by atoms with Crippen LogP contribution in [-0.4, -0.2) is 29.5 Å². The molecule has 1 aliphatic heterocycles. The molecule has 0 radical (unpaired) electrons. The van der Waals surface area contributed by atoms with E-state index < -0.39 is 0 Å². The number of anilines is 2. The zero-order valence-electron chi connectivity index (χ0n) is 13.8. The van der Waals surface area contributed by atoms with Crippen molar-refractivity contribution >= 4 is 23.3 Å². The van der Waals surface area contributed by atoms with Crippen LogP contribution in [0.1, 0.15) is 18.4 Å². The molecule has 1 atom stereocenters. The summed E-state index contributed by atoms with van der Waals surface area (Å²) in [5.41, 5.74) is 2.24. The van der Waals surface area contributed by atoms with E-state index in [2.05, 4.69) is 26.3 Å². The zero-order chi connectivity index (χ0) is 17.5. The van der Waals surface area contributed by atoms with E-state index in [0.29, 0.717) is 17.9 Å². The second-order valence-corrected chi connectivity index (χ2v) is 5.88. The molecule has 3 amide bonds. The van der Waals surface area contributed by atoms with E-state index in [1.807, 2.05) is 12.1 Å². The van der Waals surface area contributed by atoms with Crippen LogP contribution in [0.25, 0.3) is 0 Å². The molecule has 0 bridgehead atoms. The van der Waals surface area contributed by atoms with Crippen LogP contribution in [0.2, 0.25) is 0 Å². The van der Waals surface area contributed by atoms with E-state index >= 15 is 0 Å². The quantitative estimate of drug-likeness (QED) is 0.671. The maximum Gasteiger partial charge on any atom is 0.319 e. The minimum atomic E-state index is -0.308. The highest BCUT2D eigenvalue weighted by atomic mass is 16.2. The van der Waals surface area contributed by atoms with Gasteiger partial charge in [0.05, 0.1) is 6.04 Å². The largest absolute Gasteiger partial charge is 0.334 e. The van der Waals surface area contributed by atoms with E-state index in [4.69, 9.17) is 0 Å². The van der Waals surface area contributed by atoms with Gasteiger partial charge < -0.3 is 21.3 Å². The van der Waals surface area contributed by atoms with Crippen molar-refractivity contribution in [2.75, 3.05) is 17.2 Å². The fraction of sp³-hybridized carbons (Fsp3) is 0.278. The SMILES string of the molecule is O=C(NCc1ccncc1)Nc1cccc(NC(=O)[C@@H]2CCCN2)c1. The van der Waals surface area contributed by atoms with Gasteiger partial charge in [0.2, 0.25) is 5.91 Å². The van der Waals surface area contributed by atoms with E-state index in [1.54, 1.807) is 36.7 Å². The third-order valence-electron chi connectivity index (χ3n) is 3.97. The molecule has 1 fully saturated rings. The summed E-state index contributed by atoms with van der Waals surface area (Å²) in [4.78, 5) is 28.1. The molecule has 7 nitrogen and oxygen atoms in total. The van der Waals surface area contributed by atoms with Crippen molar-refractivity contribution in [1.29, 1.82) is 0 Å². The van der Waals surface area contributed by atoms with E-state index in [9.17, 15) is 9.59 Å². The maximum atomic E-state index is 12.1. The number of pyridine rings is 1. The van der Waals surface area contributed by atoms with Crippen molar-refractivity contribution < 1.29 is 9.59 Å². The third-order valence-corrected chi connectivity index (χ3v) is 3.97. The van der Waals surface area contributed by atoms with Gasteiger partial charge in [0.1, 0.15) is 0 Å². The van der Waals surface area contributed by atoms with Crippen LogP contribution in [0, 0.1) is 0 Å². The van der Waals surface area contributed by atoms with Gasteiger partial charge >= 0.3 is 6.03 Å². The molecule has 0 aliphatic carbocycles. The Morgan fingerprint density at radius 2 is 1.88 bits per heavy atom. The average Bonchev–Trinajstić information content (AvgIpc) is 3.16. The van der Waals surface area contributed by atoms with Gasteiger partial charge in [0, 0.05) is 30.3 Å². The highest BCUT2D eigenvalue weighted by Gasteiger charge is 2.21. The molecule has 1 aromatic heterocycles. The van der Waals surface area contributed by atoms with Crippen molar-refractivity contribution in [3.8, 4) is 0 Å². The Bertz CT molecular complexity index is 729. The average molecular weight is 339 g/mol. The number of nitrogens with zero attached hydrogens (tertiary/aromatic N) is 1. The number of amides is 3. The predicted molar refractivity (Wildman–Crippen MR) is 96.2 cm³/mol. The van der Waals surface area contributed by atoms with Crippen LogP contribution in [0.3, 0.4) is 0 Å². The summed E-state index contributed by atoms with van der Waals surface area (Å²) in [6, 6.07) is 10.3. The number of carbonyl (C=O) groups excluding carboxylic acids is 2. The lowest BCUT2D eigenvalue weighted by Crippen LogP contribution is -2.35. The molecule has 1 saturated heterocycles. The fourth-order valence-corrected chi connectivity index (χ4v) is 2.67. The standard InChI is InChI=1S/C18H21N5O2/c24-17(16-5-2-8-20-16)22-14-3-1-4-15(11-14)23-18(25)21-12-13-6-9-19-10-7-13/h1,3-4,6-7,9-11,16,20H,2,5,8,12H2,(H,22,24)(H2,21,23,25)/t16-/m0/s1. The summed E-state index contributed by atoms with van der Waals surface area (Å²) in [5.74, 6) is -0.0446. The van der Waals surface area contributed by atoms with Gasteiger partial charge in [-0.3, -0.25) is 9.78 Å². The van der Waals surface area contributed by atoms with Gasteiger partial charge in [0.15, 0.2) is 0 Å². The van der Waals surface area contributed by atoms with Crippen LogP contribution in [-0.2, 0) is 11.3 Å². The van der Waals surface area contributed by atoms with E-state index in [0.717, 1.165) is 24.9 Å². The van der Waals surface area contributed by atoms with Crippen molar-refractivity contribution in [3.63, 3.8) is 0 Å².